The van der Waals surface area contributed by atoms with E-state index in [0.29, 0.717) is 30.0 Å². The predicted molar refractivity (Wildman–Crippen MR) is 130 cm³/mol. The minimum atomic E-state index is -0.300. The third-order valence-corrected chi connectivity index (χ3v) is 6.56. The number of allylic oxidation sites excluding steroid dienone is 1. The van der Waals surface area contributed by atoms with Crippen molar-refractivity contribution >= 4 is 39.8 Å². The molecule has 1 aliphatic heterocycles. The molecule has 1 fully saturated rings. The highest BCUT2D eigenvalue weighted by atomic mass is 35.5. The third-order valence-electron chi connectivity index (χ3n) is 6.24. The number of ketones is 1. The molecule has 1 aliphatic carbocycles. The number of amides is 1. The van der Waals surface area contributed by atoms with E-state index in [1.807, 2.05) is 42.5 Å². The van der Waals surface area contributed by atoms with Crippen molar-refractivity contribution in [3.05, 3.63) is 83.8 Å². The molecule has 3 aromatic rings. The first-order valence-electron chi connectivity index (χ1n) is 11.3. The van der Waals surface area contributed by atoms with Gasteiger partial charge in [0.15, 0.2) is 0 Å². The predicted octanol–water partition coefficient (Wildman–Crippen LogP) is 5.51. The van der Waals surface area contributed by atoms with Crippen molar-refractivity contribution in [3.63, 3.8) is 0 Å². The Kier molecular flexibility index (Phi) is 6.52. The number of rotatable bonds is 6. The summed E-state index contributed by atoms with van der Waals surface area (Å²) in [4.78, 5) is 25.5. The Balaban J connectivity index is 1.16. The summed E-state index contributed by atoms with van der Waals surface area (Å²) in [5.74, 6) is -0.0344. The number of ether oxygens (including phenoxy) is 3. The normalized spacial score (nSPS) is 21.9. The van der Waals surface area contributed by atoms with Crippen molar-refractivity contribution in [2.75, 3.05) is 11.9 Å². The van der Waals surface area contributed by atoms with Crippen molar-refractivity contribution in [1.29, 1.82) is 0 Å². The molecule has 2 aliphatic rings. The van der Waals surface area contributed by atoms with Crippen molar-refractivity contribution in [2.24, 2.45) is 5.92 Å². The lowest BCUT2D eigenvalue weighted by atomic mass is 9.80. The Bertz CT molecular complexity index is 1250. The smallest absolute Gasteiger partial charge is 0.250 e. The number of hydrogen-bond acceptors (Lipinski definition) is 5. The van der Waals surface area contributed by atoms with Gasteiger partial charge >= 0.3 is 0 Å². The summed E-state index contributed by atoms with van der Waals surface area (Å²) in [5.41, 5.74) is 0.757. The minimum Gasteiger partial charge on any atom is -0.493 e. The first-order chi connectivity index (χ1) is 16.6. The topological polar surface area (TPSA) is 73.9 Å². The van der Waals surface area contributed by atoms with E-state index in [0.717, 1.165) is 16.5 Å². The molecule has 34 heavy (non-hydrogen) atoms. The molecule has 5 rings (SSSR count). The van der Waals surface area contributed by atoms with Crippen molar-refractivity contribution in [1.82, 2.24) is 0 Å². The van der Waals surface area contributed by atoms with E-state index < -0.39 is 0 Å². The number of fused-ring (bicyclic) bond motifs is 2. The summed E-state index contributed by atoms with van der Waals surface area (Å²) in [6, 6.07) is 20.7. The molecule has 3 unspecified atom stereocenters. The lowest BCUT2D eigenvalue weighted by Gasteiger charge is -2.37. The third kappa shape index (κ3) is 4.79. The van der Waals surface area contributed by atoms with Gasteiger partial charge in [0, 0.05) is 17.5 Å². The molecule has 0 spiro atoms. The zero-order valence-corrected chi connectivity index (χ0v) is 19.2. The number of benzene rings is 3. The molecule has 6 nitrogen and oxygen atoms in total. The van der Waals surface area contributed by atoms with Gasteiger partial charge in [0.1, 0.15) is 24.7 Å². The highest BCUT2D eigenvalue weighted by Crippen LogP contribution is 2.36. The molecule has 174 valence electrons. The fourth-order valence-corrected chi connectivity index (χ4v) is 4.69. The van der Waals surface area contributed by atoms with Crippen molar-refractivity contribution in [2.45, 2.75) is 31.5 Å². The van der Waals surface area contributed by atoms with Crippen LogP contribution in [0.15, 0.2) is 78.8 Å². The van der Waals surface area contributed by atoms with Crippen molar-refractivity contribution in [3.8, 4) is 5.75 Å². The van der Waals surface area contributed by atoms with Gasteiger partial charge in [0.05, 0.1) is 17.0 Å². The van der Waals surface area contributed by atoms with Crippen LogP contribution in [0.4, 0.5) is 5.69 Å². The van der Waals surface area contributed by atoms with Crippen LogP contribution in [0, 0.1) is 5.92 Å². The van der Waals surface area contributed by atoms with Crippen molar-refractivity contribution < 1.29 is 23.8 Å². The Morgan fingerprint density at radius 2 is 1.82 bits per heavy atom. The van der Waals surface area contributed by atoms with Crippen LogP contribution in [0.25, 0.3) is 10.8 Å². The van der Waals surface area contributed by atoms with Crippen LogP contribution in [0.5, 0.6) is 5.75 Å². The number of hydrogen-bond donors (Lipinski definition) is 1. The van der Waals surface area contributed by atoms with Crippen LogP contribution < -0.4 is 10.1 Å². The number of para-hydroxylation sites is 1. The van der Waals surface area contributed by atoms with Crippen LogP contribution in [-0.2, 0) is 19.1 Å². The standard InChI is InChI=1S/C27H24ClNO5/c28-21-9-3-4-11-23(21)34-25-15-33-24-14-18(12-13-20(24)27(25)31)32-16-26(30)29-22-10-5-7-17-6-1-2-8-19(17)22/h1-11,15,18,20,24H,12-14,16H2,(H,29,30). The molecule has 1 amide bonds. The lowest BCUT2D eigenvalue weighted by Crippen LogP contribution is -2.43. The first-order valence-corrected chi connectivity index (χ1v) is 11.7. The van der Waals surface area contributed by atoms with Crippen LogP contribution in [-0.4, -0.2) is 30.5 Å². The molecule has 3 aromatic carbocycles. The second-order valence-corrected chi connectivity index (χ2v) is 8.89. The number of anilines is 1. The largest absolute Gasteiger partial charge is 0.493 e. The molecule has 1 N–H and O–H groups in total. The van der Waals surface area contributed by atoms with Gasteiger partial charge in [-0.3, -0.25) is 9.59 Å². The molecule has 1 heterocycles. The summed E-state index contributed by atoms with van der Waals surface area (Å²) in [6.45, 7) is -0.0596. The first kappa shape index (κ1) is 22.4. The number of carbonyl (C=O) groups excluding carboxylic acids is 2. The summed E-state index contributed by atoms with van der Waals surface area (Å²) in [6.07, 6.45) is 2.70. The van der Waals surface area contributed by atoms with Gasteiger partial charge in [-0.2, -0.15) is 0 Å². The Labute approximate surface area is 202 Å². The second kappa shape index (κ2) is 9.87. The number of nitrogens with one attached hydrogen (secondary N) is 1. The van der Waals surface area contributed by atoms with Gasteiger partial charge in [-0.25, -0.2) is 0 Å². The maximum atomic E-state index is 12.9. The fraction of sp³-hybridized carbons (Fsp3) is 0.259. The highest BCUT2D eigenvalue weighted by molar-refractivity contribution is 6.32. The summed E-state index contributed by atoms with van der Waals surface area (Å²) >= 11 is 6.13. The average molecular weight is 478 g/mol. The molecule has 3 atom stereocenters. The van der Waals surface area contributed by atoms with Gasteiger partial charge in [0.2, 0.25) is 17.4 Å². The molecule has 0 bridgehead atoms. The molecular weight excluding hydrogens is 454 g/mol. The molecule has 7 heteroatoms. The van der Waals surface area contributed by atoms with E-state index in [-0.39, 0.29) is 42.2 Å². The van der Waals surface area contributed by atoms with E-state index in [1.54, 1.807) is 24.3 Å². The number of carbonyl (C=O) groups is 2. The van der Waals surface area contributed by atoms with Crippen LogP contribution >= 0.6 is 11.6 Å². The van der Waals surface area contributed by atoms with Gasteiger partial charge < -0.3 is 19.5 Å². The van der Waals surface area contributed by atoms with Gasteiger partial charge in [-0.15, -0.1) is 0 Å². The van der Waals surface area contributed by atoms with E-state index in [1.165, 1.54) is 6.26 Å². The average Bonchev–Trinajstić information content (AvgIpc) is 2.86. The minimum absolute atomic E-state index is 0.0596. The lowest BCUT2D eigenvalue weighted by molar-refractivity contribution is -0.136. The molecule has 0 radical (unpaired) electrons. The fourth-order valence-electron chi connectivity index (χ4n) is 4.52. The second-order valence-electron chi connectivity index (χ2n) is 8.48. The van der Waals surface area contributed by atoms with E-state index in [4.69, 9.17) is 25.8 Å². The van der Waals surface area contributed by atoms with Crippen LogP contribution in [0.1, 0.15) is 19.3 Å². The van der Waals surface area contributed by atoms with Crippen LogP contribution in [0.2, 0.25) is 5.02 Å². The van der Waals surface area contributed by atoms with E-state index >= 15 is 0 Å². The van der Waals surface area contributed by atoms with Crippen LogP contribution in [0.3, 0.4) is 0 Å². The zero-order chi connectivity index (χ0) is 23.5. The summed E-state index contributed by atoms with van der Waals surface area (Å²) < 4.78 is 17.4. The molecule has 0 aromatic heterocycles. The quantitative estimate of drug-likeness (QED) is 0.507. The monoisotopic (exact) mass is 477 g/mol. The summed E-state index contributed by atoms with van der Waals surface area (Å²) in [7, 11) is 0. The number of Topliss-reactive ketones (excluding diaryl/α,β-unsaturated/α-hetero) is 1. The summed E-state index contributed by atoms with van der Waals surface area (Å²) in [5, 5.41) is 5.40. The van der Waals surface area contributed by atoms with E-state index in [9.17, 15) is 9.59 Å². The Hall–Kier alpha value is -3.35. The Morgan fingerprint density at radius 3 is 2.71 bits per heavy atom. The van der Waals surface area contributed by atoms with Gasteiger partial charge in [0.25, 0.3) is 0 Å². The van der Waals surface area contributed by atoms with Gasteiger partial charge in [-0.1, -0.05) is 60.1 Å². The Morgan fingerprint density at radius 1 is 1.03 bits per heavy atom. The molecule has 0 saturated heterocycles. The van der Waals surface area contributed by atoms with Gasteiger partial charge in [-0.05, 0) is 36.4 Å². The maximum absolute atomic E-state index is 12.9. The SMILES string of the molecule is O=C(COC1CCC2C(=O)C(Oc3ccccc3Cl)=COC2C1)Nc1cccc2ccccc12. The number of halogens is 1. The zero-order valence-electron chi connectivity index (χ0n) is 18.4. The molecule has 1 saturated carbocycles. The molecular formula is C27H24ClNO5. The van der Waals surface area contributed by atoms with E-state index in [2.05, 4.69) is 5.32 Å². The maximum Gasteiger partial charge on any atom is 0.250 e. The highest BCUT2D eigenvalue weighted by Gasteiger charge is 2.41.